The van der Waals surface area contributed by atoms with E-state index in [-0.39, 0.29) is 24.8 Å². The summed E-state index contributed by atoms with van der Waals surface area (Å²) in [6.07, 6.45) is 2.94. The number of hydrogen-bond donors (Lipinski definition) is 1. The van der Waals surface area contributed by atoms with Gasteiger partial charge in [-0.25, -0.2) is 0 Å². The number of rotatable bonds is 3. The van der Waals surface area contributed by atoms with Gasteiger partial charge < -0.3 is 15.1 Å². The molecule has 136 valence electrons. The SMILES string of the molecule is CC1CCc2ccccc2N1CCC(=O)N1CCNC[C@@H]1C.Cl.Cl. The van der Waals surface area contributed by atoms with Crippen molar-refractivity contribution in [2.24, 2.45) is 0 Å². The molecule has 24 heavy (non-hydrogen) atoms. The molecule has 2 heterocycles. The van der Waals surface area contributed by atoms with Gasteiger partial charge in [0, 0.05) is 50.4 Å². The first-order valence-electron chi connectivity index (χ1n) is 8.51. The number of piperazine rings is 1. The number of carbonyl (C=O) groups excluding carboxylic acids is 1. The zero-order valence-corrected chi connectivity index (χ0v) is 16.2. The summed E-state index contributed by atoms with van der Waals surface area (Å²) in [7, 11) is 0. The molecule has 6 heteroatoms. The molecular weight excluding hydrogens is 345 g/mol. The fourth-order valence-electron chi connectivity index (χ4n) is 3.67. The molecule has 1 saturated heterocycles. The number of aryl methyl sites for hydroxylation is 1. The summed E-state index contributed by atoms with van der Waals surface area (Å²) in [5, 5.41) is 3.34. The molecule has 0 aliphatic carbocycles. The Balaban J connectivity index is 0.00000144. The Hall–Kier alpha value is -0.970. The second-order valence-corrected chi connectivity index (χ2v) is 6.60. The maximum atomic E-state index is 12.5. The Morgan fingerprint density at radius 2 is 1.96 bits per heavy atom. The fourth-order valence-corrected chi connectivity index (χ4v) is 3.67. The average Bonchev–Trinajstić information content (AvgIpc) is 2.54. The lowest BCUT2D eigenvalue weighted by Gasteiger charge is -2.38. The molecule has 1 unspecified atom stereocenters. The van der Waals surface area contributed by atoms with E-state index in [0.717, 1.165) is 32.6 Å². The Labute approximate surface area is 157 Å². The summed E-state index contributed by atoms with van der Waals surface area (Å²) in [5.41, 5.74) is 2.74. The standard InChI is InChI=1S/C18H27N3O.2ClH/c1-14-7-8-16-5-3-4-6-17(16)20(14)11-9-18(22)21-12-10-19-13-15(21)2;;/h3-6,14-15,19H,7-13H2,1-2H3;2*1H/t14?,15-;;/m0../s1. The van der Waals surface area contributed by atoms with Crippen molar-refractivity contribution in [2.45, 2.75) is 45.2 Å². The first kappa shape index (κ1) is 21.1. The third-order valence-electron chi connectivity index (χ3n) is 5.05. The van der Waals surface area contributed by atoms with Crippen LogP contribution in [-0.2, 0) is 11.2 Å². The van der Waals surface area contributed by atoms with Gasteiger partial charge in [-0.05, 0) is 38.3 Å². The molecule has 2 atom stereocenters. The van der Waals surface area contributed by atoms with Crippen LogP contribution in [0, 0.1) is 0 Å². The van der Waals surface area contributed by atoms with Crippen LogP contribution in [0.4, 0.5) is 5.69 Å². The third-order valence-corrected chi connectivity index (χ3v) is 5.05. The van der Waals surface area contributed by atoms with Crippen LogP contribution in [0.2, 0.25) is 0 Å². The molecule has 0 spiro atoms. The molecule has 2 aliphatic rings. The summed E-state index contributed by atoms with van der Waals surface area (Å²) >= 11 is 0. The molecule has 1 aromatic rings. The summed E-state index contributed by atoms with van der Waals surface area (Å²) in [5.74, 6) is 0.296. The molecule has 0 saturated carbocycles. The topological polar surface area (TPSA) is 35.6 Å². The van der Waals surface area contributed by atoms with Crippen LogP contribution in [0.1, 0.15) is 32.3 Å². The number of nitrogens with one attached hydrogen (secondary N) is 1. The molecule has 2 aliphatic heterocycles. The molecule has 1 amide bonds. The van der Waals surface area contributed by atoms with Crippen molar-refractivity contribution in [1.82, 2.24) is 10.2 Å². The van der Waals surface area contributed by atoms with E-state index in [9.17, 15) is 4.79 Å². The minimum Gasteiger partial charge on any atom is -0.368 e. The number of hydrogen-bond acceptors (Lipinski definition) is 3. The zero-order valence-electron chi connectivity index (χ0n) is 14.5. The van der Waals surface area contributed by atoms with Crippen molar-refractivity contribution < 1.29 is 4.79 Å². The Morgan fingerprint density at radius 1 is 1.21 bits per heavy atom. The van der Waals surface area contributed by atoms with Gasteiger partial charge >= 0.3 is 0 Å². The van der Waals surface area contributed by atoms with Gasteiger partial charge in [0.15, 0.2) is 0 Å². The highest BCUT2D eigenvalue weighted by molar-refractivity contribution is 5.85. The van der Waals surface area contributed by atoms with Crippen molar-refractivity contribution in [3.8, 4) is 0 Å². The van der Waals surface area contributed by atoms with E-state index in [2.05, 4.69) is 48.3 Å². The molecule has 1 aromatic carbocycles. The van der Waals surface area contributed by atoms with Gasteiger partial charge in [0.05, 0.1) is 0 Å². The van der Waals surface area contributed by atoms with Crippen LogP contribution in [0.3, 0.4) is 0 Å². The maximum Gasteiger partial charge on any atom is 0.224 e. The molecule has 4 nitrogen and oxygen atoms in total. The highest BCUT2D eigenvalue weighted by Crippen LogP contribution is 2.30. The van der Waals surface area contributed by atoms with Gasteiger partial charge in [-0.2, -0.15) is 0 Å². The number of para-hydroxylation sites is 1. The Morgan fingerprint density at radius 3 is 2.71 bits per heavy atom. The molecule has 1 N–H and O–H groups in total. The lowest BCUT2D eigenvalue weighted by atomic mass is 9.96. The van der Waals surface area contributed by atoms with Crippen molar-refractivity contribution >= 4 is 36.4 Å². The van der Waals surface area contributed by atoms with Crippen molar-refractivity contribution in [1.29, 1.82) is 0 Å². The molecule has 0 radical (unpaired) electrons. The van der Waals surface area contributed by atoms with Crippen molar-refractivity contribution in [3.05, 3.63) is 29.8 Å². The van der Waals surface area contributed by atoms with Crippen LogP contribution in [0.5, 0.6) is 0 Å². The first-order valence-corrected chi connectivity index (χ1v) is 8.51. The van der Waals surface area contributed by atoms with Crippen molar-refractivity contribution in [3.63, 3.8) is 0 Å². The number of benzene rings is 1. The lowest BCUT2D eigenvalue weighted by Crippen LogP contribution is -2.53. The second kappa shape index (κ2) is 9.50. The van der Waals surface area contributed by atoms with Gasteiger partial charge in [-0.1, -0.05) is 18.2 Å². The van der Waals surface area contributed by atoms with E-state index in [4.69, 9.17) is 0 Å². The first-order chi connectivity index (χ1) is 10.7. The predicted octanol–water partition coefficient (Wildman–Crippen LogP) is 2.88. The Bertz CT molecular complexity index is 541. The minimum atomic E-state index is 0. The smallest absolute Gasteiger partial charge is 0.224 e. The van der Waals surface area contributed by atoms with Gasteiger partial charge in [0.1, 0.15) is 0 Å². The van der Waals surface area contributed by atoms with Gasteiger partial charge in [0.2, 0.25) is 5.91 Å². The highest BCUT2D eigenvalue weighted by Gasteiger charge is 2.26. The summed E-state index contributed by atoms with van der Waals surface area (Å²) in [6.45, 7) is 7.89. The third kappa shape index (κ3) is 4.56. The number of nitrogens with zero attached hydrogens (tertiary/aromatic N) is 2. The van der Waals surface area contributed by atoms with Crippen molar-refractivity contribution in [2.75, 3.05) is 31.1 Å². The lowest BCUT2D eigenvalue weighted by molar-refractivity contribution is -0.133. The number of anilines is 1. The van der Waals surface area contributed by atoms with E-state index < -0.39 is 0 Å². The van der Waals surface area contributed by atoms with Crippen LogP contribution < -0.4 is 10.2 Å². The average molecular weight is 374 g/mol. The van der Waals surface area contributed by atoms with E-state index in [1.165, 1.54) is 17.7 Å². The van der Waals surface area contributed by atoms with E-state index in [1.54, 1.807) is 0 Å². The molecular formula is C18H29Cl2N3O. The van der Waals surface area contributed by atoms with Crippen LogP contribution in [-0.4, -0.2) is 49.1 Å². The number of halogens is 2. The molecule has 0 bridgehead atoms. The largest absolute Gasteiger partial charge is 0.368 e. The van der Waals surface area contributed by atoms with Crippen LogP contribution in [0.15, 0.2) is 24.3 Å². The molecule has 1 fully saturated rings. The van der Waals surface area contributed by atoms with Gasteiger partial charge in [-0.15, -0.1) is 24.8 Å². The highest BCUT2D eigenvalue weighted by atomic mass is 35.5. The van der Waals surface area contributed by atoms with E-state index in [0.29, 0.717) is 24.4 Å². The normalized spacial score (nSPS) is 22.9. The predicted molar refractivity (Wildman–Crippen MR) is 105 cm³/mol. The quantitative estimate of drug-likeness (QED) is 0.884. The summed E-state index contributed by atoms with van der Waals surface area (Å²) < 4.78 is 0. The molecule has 0 aromatic heterocycles. The number of carbonyl (C=O) groups is 1. The Kier molecular flexibility index (Phi) is 8.34. The summed E-state index contributed by atoms with van der Waals surface area (Å²) in [4.78, 5) is 17.0. The van der Waals surface area contributed by atoms with Gasteiger partial charge in [0.25, 0.3) is 0 Å². The fraction of sp³-hybridized carbons (Fsp3) is 0.611. The van der Waals surface area contributed by atoms with Crippen LogP contribution in [0.25, 0.3) is 0 Å². The monoisotopic (exact) mass is 373 g/mol. The number of fused-ring (bicyclic) bond motifs is 1. The minimum absolute atomic E-state index is 0. The molecule has 3 rings (SSSR count). The second-order valence-electron chi connectivity index (χ2n) is 6.60. The maximum absolute atomic E-state index is 12.5. The number of amides is 1. The van der Waals surface area contributed by atoms with E-state index in [1.807, 2.05) is 4.90 Å². The summed E-state index contributed by atoms with van der Waals surface area (Å²) in [6, 6.07) is 9.46. The van der Waals surface area contributed by atoms with Crippen LogP contribution >= 0.6 is 24.8 Å². The van der Waals surface area contributed by atoms with Gasteiger partial charge in [-0.3, -0.25) is 4.79 Å². The zero-order chi connectivity index (χ0) is 15.5. The van der Waals surface area contributed by atoms with E-state index >= 15 is 0 Å².